The summed E-state index contributed by atoms with van der Waals surface area (Å²) in [4.78, 5) is 12.8. The molecule has 0 bridgehead atoms. The Morgan fingerprint density at radius 3 is 2.71 bits per heavy atom. The van der Waals surface area contributed by atoms with Crippen LogP contribution in [-0.4, -0.2) is 53.0 Å². The van der Waals surface area contributed by atoms with E-state index in [2.05, 4.69) is 82.4 Å². The monoisotopic (exact) mass is 412 g/mol. The molecule has 4 heterocycles. The molecule has 0 N–H and O–H groups in total. The van der Waals surface area contributed by atoms with Gasteiger partial charge in [0.05, 0.1) is 23.4 Å². The average molecular weight is 413 g/mol. The number of rotatable bonds is 3. The second kappa shape index (κ2) is 7.92. The lowest BCUT2D eigenvalue weighted by atomic mass is 9.94. The largest absolute Gasteiger partial charge is 0.364 e. The van der Waals surface area contributed by atoms with Crippen LogP contribution in [0.4, 0.5) is 5.69 Å². The molecule has 3 aromatic rings. The van der Waals surface area contributed by atoms with E-state index in [0.717, 1.165) is 30.7 Å². The molecule has 160 valence electrons. The Balaban J connectivity index is 1.29. The van der Waals surface area contributed by atoms with Gasteiger partial charge in [0, 0.05) is 43.6 Å². The molecule has 31 heavy (non-hydrogen) atoms. The summed E-state index contributed by atoms with van der Waals surface area (Å²) in [6, 6.07) is 21.8. The quantitative estimate of drug-likeness (QED) is 0.613. The molecule has 4 nitrogen and oxygen atoms in total. The van der Waals surface area contributed by atoms with Crippen molar-refractivity contribution < 1.29 is 0 Å². The summed E-state index contributed by atoms with van der Waals surface area (Å²) in [5, 5.41) is 1.22. The van der Waals surface area contributed by atoms with Crippen molar-refractivity contribution in [2.45, 2.75) is 50.9 Å². The van der Waals surface area contributed by atoms with Gasteiger partial charge in [-0.05, 0) is 56.0 Å². The van der Waals surface area contributed by atoms with Crippen LogP contribution in [0, 0.1) is 0 Å². The number of fused-ring (bicyclic) bond motifs is 2. The summed E-state index contributed by atoms with van der Waals surface area (Å²) in [7, 11) is 0. The Hall–Kier alpha value is -2.43. The lowest BCUT2D eigenvalue weighted by Gasteiger charge is -2.40. The molecule has 1 unspecified atom stereocenters. The Morgan fingerprint density at radius 2 is 1.81 bits per heavy atom. The molecule has 2 fully saturated rings. The molecule has 3 atom stereocenters. The van der Waals surface area contributed by atoms with E-state index in [1.165, 1.54) is 61.1 Å². The van der Waals surface area contributed by atoms with Gasteiger partial charge in [-0.2, -0.15) is 0 Å². The summed E-state index contributed by atoms with van der Waals surface area (Å²) in [6.45, 7) is 8.12. The van der Waals surface area contributed by atoms with Gasteiger partial charge in [-0.15, -0.1) is 0 Å². The van der Waals surface area contributed by atoms with E-state index < -0.39 is 0 Å². The third-order valence-electron chi connectivity index (χ3n) is 7.82. The van der Waals surface area contributed by atoms with Crippen LogP contribution in [0.15, 0.2) is 60.8 Å². The van der Waals surface area contributed by atoms with E-state index >= 15 is 0 Å². The van der Waals surface area contributed by atoms with Crippen molar-refractivity contribution in [3.63, 3.8) is 0 Å². The number of nitrogens with zero attached hydrogens (tertiary/aromatic N) is 4. The lowest BCUT2D eigenvalue weighted by molar-refractivity contribution is 0.169. The van der Waals surface area contributed by atoms with E-state index in [1.807, 2.05) is 0 Å². The first kappa shape index (κ1) is 19.3. The van der Waals surface area contributed by atoms with Gasteiger partial charge in [-0.25, -0.2) is 0 Å². The number of aromatic nitrogens is 1. The number of para-hydroxylation sites is 1. The molecule has 0 radical (unpaired) electrons. The van der Waals surface area contributed by atoms with Crippen LogP contribution in [0.2, 0.25) is 0 Å². The molecular weight excluding hydrogens is 380 g/mol. The molecule has 3 aliphatic heterocycles. The Kier molecular flexibility index (Phi) is 4.92. The number of anilines is 1. The van der Waals surface area contributed by atoms with Gasteiger partial charge in [-0.1, -0.05) is 42.5 Å². The summed E-state index contributed by atoms with van der Waals surface area (Å²) < 4.78 is 0. The van der Waals surface area contributed by atoms with Crippen molar-refractivity contribution in [2.75, 3.05) is 31.1 Å². The molecule has 0 aliphatic carbocycles. The minimum atomic E-state index is 0.458. The molecular formula is C27H32N4. The molecule has 0 spiro atoms. The molecule has 6 rings (SSSR count). The zero-order valence-electron chi connectivity index (χ0n) is 18.5. The highest BCUT2D eigenvalue weighted by Gasteiger charge is 2.38. The zero-order chi connectivity index (χ0) is 20.8. The molecule has 2 saturated heterocycles. The van der Waals surface area contributed by atoms with E-state index in [0.29, 0.717) is 6.04 Å². The normalized spacial score (nSPS) is 27.1. The van der Waals surface area contributed by atoms with Crippen LogP contribution in [0.1, 0.15) is 43.4 Å². The molecule has 4 heteroatoms. The molecule has 3 aliphatic rings. The predicted octanol–water partition coefficient (Wildman–Crippen LogP) is 4.85. The molecule has 2 aromatic carbocycles. The van der Waals surface area contributed by atoms with Crippen molar-refractivity contribution in [3.8, 4) is 0 Å². The maximum atomic E-state index is 4.75. The van der Waals surface area contributed by atoms with Gasteiger partial charge in [0.25, 0.3) is 0 Å². The molecule has 0 saturated carbocycles. The number of hydrogen-bond donors (Lipinski definition) is 0. The van der Waals surface area contributed by atoms with Crippen LogP contribution in [-0.2, 0) is 6.54 Å². The maximum Gasteiger partial charge on any atom is 0.0703 e. The van der Waals surface area contributed by atoms with Crippen molar-refractivity contribution in [3.05, 3.63) is 71.9 Å². The van der Waals surface area contributed by atoms with E-state index in [1.54, 1.807) is 0 Å². The minimum absolute atomic E-state index is 0.458. The van der Waals surface area contributed by atoms with Crippen LogP contribution < -0.4 is 4.90 Å². The summed E-state index contributed by atoms with van der Waals surface area (Å²) >= 11 is 0. The zero-order valence-corrected chi connectivity index (χ0v) is 18.5. The first-order chi connectivity index (χ1) is 15.3. The fraction of sp³-hybridized carbons (Fsp3) is 0.444. The Morgan fingerprint density at radius 1 is 0.935 bits per heavy atom. The summed E-state index contributed by atoms with van der Waals surface area (Å²) in [6.07, 6.45) is 6.10. The molecule has 0 amide bonds. The fourth-order valence-electron chi connectivity index (χ4n) is 6.14. The summed E-state index contributed by atoms with van der Waals surface area (Å²) in [5.41, 5.74) is 5.30. The maximum absolute atomic E-state index is 4.75. The topological polar surface area (TPSA) is 22.6 Å². The third kappa shape index (κ3) is 3.52. The van der Waals surface area contributed by atoms with Gasteiger partial charge < -0.3 is 4.90 Å². The SMILES string of the molecule is C[C@H]1CCCN1[C@H]1CCN(C2CN(c3cnc4ccccc4c3)Cc3ccccc32)C1. The van der Waals surface area contributed by atoms with E-state index in [9.17, 15) is 0 Å². The fourth-order valence-corrected chi connectivity index (χ4v) is 6.14. The Bertz CT molecular complexity index is 1080. The van der Waals surface area contributed by atoms with Crippen LogP contribution in [0.25, 0.3) is 10.9 Å². The number of hydrogen-bond acceptors (Lipinski definition) is 4. The minimum Gasteiger partial charge on any atom is -0.364 e. The smallest absolute Gasteiger partial charge is 0.0703 e. The van der Waals surface area contributed by atoms with Crippen molar-refractivity contribution in [2.24, 2.45) is 0 Å². The predicted molar refractivity (Wildman–Crippen MR) is 127 cm³/mol. The third-order valence-corrected chi connectivity index (χ3v) is 7.82. The van der Waals surface area contributed by atoms with Gasteiger partial charge in [0.15, 0.2) is 0 Å². The highest BCUT2D eigenvalue weighted by molar-refractivity contribution is 5.81. The molecule has 1 aromatic heterocycles. The van der Waals surface area contributed by atoms with Crippen molar-refractivity contribution in [1.29, 1.82) is 0 Å². The second-order valence-electron chi connectivity index (χ2n) is 9.65. The van der Waals surface area contributed by atoms with Crippen LogP contribution in [0.5, 0.6) is 0 Å². The van der Waals surface area contributed by atoms with Gasteiger partial charge in [0.1, 0.15) is 0 Å². The number of pyridine rings is 1. The highest BCUT2D eigenvalue weighted by atomic mass is 15.3. The number of benzene rings is 2. The van der Waals surface area contributed by atoms with Gasteiger partial charge >= 0.3 is 0 Å². The summed E-state index contributed by atoms with van der Waals surface area (Å²) in [5.74, 6) is 0. The van der Waals surface area contributed by atoms with Crippen molar-refractivity contribution in [1.82, 2.24) is 14.8 Å². The average Bonchev–Trinajstić information content (AvgIpc) is 3.47. The van der Waals surface area contributed by atoms with Crippen LogP contribution in [0.3, 0.4) is 0 Å². The van der Waals surface area contributed by atoms with Crippen LogP contribution >= 0.6 is 0 Å². The highest BCUT2D eigenvalue weighted by Crippen LogP contribution is 2.37. The van der Waals surface area contributed by atoms with E-state index in [4.69, 9.17) is 4.98 Å². The first-order valence-electron chi connectivity index (χ1n) is 11.9. The van der Waals surface area contributed by atoms with Gasteiger partial charge in [-0.3, -0.25) is 14.8 Å². The Labute approximate surface area is 185 Å². The van der Waals surface area contributed by atoms with Gasteiger partial charge in [0.2, 0.25) is 0 Å². The lowest BCUT2D eigenvalue weighted by Crippen LogP contribution is -2.44. The second-order valence-corrected chi connectivity index (χ2v) is 9.65. The standard InChI is InChI=1S/C27H32N4/c1-20-7-6-13-31(20)23-12-14-29(18-23)27-19-30(17-22-9-2-4-10-25(22)27)24-15-21-8-3-5-11-26(21)28-16-24/h2-5,8-11,15-16,20,23,27H,6-7,12-14,17-19H2,1H3/t20-,23-,27?/m0/s1. The first-order valence-corrected chi connectivity index (χ1v) is 11.9. The number of likely N-dealkylation sites (tertiary alicyclic amines) is 2. The van der Waals surface area contributed by atoms with E-state index in [-0.39, 0.29) is 0 Å². The van der Waals surface area contributed by atoms with Crippen molar-refractivity contribution >= 4 is 16.6 Å².